The lowest BCUT2D eigenvalue weighted by Crippen LogP contribution is -2.32. The number of benzene rings is 3. The number of carbonyl (C=O) groups excluding carboxylic acids is 2. The fourth-order valence-electron chi connectivity index (χ4n) is 4.85. The van der Waals surface area contributed by atoms with Crippen molar-refractivity contribution in [3.63, 3.8) is 0 Å². The van der Waals surface area contributed by atoms with Gasteiger partial charge >= 0.3 is 0 Å². The molecule has 36 heavy (non-hydrogen) atoms. The Morgan fingerprint density at radius 2 is 1.75 bits per heavy atom. The van der Waals surface area contributed by atoms with Gasteiger partial charge in [-0.3, -0.25) is 9.59 Å². The number of anilines is 1. The normalized spacial score (nSPS) is 14.4. The number of amides is 1. The van der Waals surface area contributed by atoms with Crippen molar-refractivity contribution in [3.05, 3.63) is 100 Å². The fraction of sp³-hybridized carbons (Fsp3) is 0.194. The maximum Gasteiger partial charge on any atom is 0.258 e. The van der Waals surface area contributed by atoms with E-state index in [0.29, 0.717) is 36.4 Å². The van der Waals surface area contributed by atoms with Crippen molar-refractivity contribution in [3.8, 4) is 27.6 Å². The minimum absolute atomic E-state index is 0.0434. The highest BCUT2D eigenvalue weighted by molar-refractivity contribution is 7.17. The molecule has 0 radical (unpaired) electrons. The largest absolute Gasteiger partial charge is 0.307 e. The first-order valence-corrected chi connectivity index (χ1v) is 13.1. The quantitative estimate of drug-likeness (QED) is 0.281. The van der Waals surface area contributed by atoms with Gasteiger partial charge in [-0.2, -0.15) is 5.26 Å². The smallest absolute Gasteiger partial charge is 0.258 e. The van der Waals surface area contributed by atoms with Gasteiger partial charge in [0.25, 0.3) is 5.91 Å². The highest BCUT2D eigenvalue weighted by Crippen LogP contribution is 2.43. The molecule has 2 heterocycles. The standard InChI is InChI=1S/C31H24N2O2S/c32-19-21-10-12-22(13-11-21)23-4-3-5-25(17-23)31(35)33-15-14-24-18-29(28(34)16-20-8-9-20)36-30(24)26-6-1-2-7-27(26)33/h1-7,10-13,17-18,20H,8-9,14-16H2. The zero-order valence-electron chi connectivity index (χ0n) is 19.7. The molecule has 1 amide bonds. The van der Waals surface area contributed by atoms with Crippen LogP contribution >= 0.6 is 11.3 Å². The summed E-state index contributed by atoms with van der Waals surface area (Å²) < 4.78 is 0. The number of para-hydroxylation sites is 1. The molecule has 0 saturated heterocycles. The number of nitrogens with zero attached hydrogens (tertiary/aromatic N) is 2. The molecule has 0 atom stereocenters. The van der Waals surface area contributed by atoms with E-state index in [9.17, 15) is 9.59 Å². The van der Waals surface area contributed by atoms with Gasteiger partial charge in [0.05, 0.1) is 22.2 Å². The van der Waals surface area contributed by atoms with E-state index in [1.807, 2.05) is 59.5 Å². The van der Waals surface area contributed by atoms with Gasteiger partial charge in [0.15, 0.2) is 5.78 Å². The second kappa shape index (κ2) is 9.22. The number of ketones is 1. The molecule has 0 bridgehead atoms. The average Bonchev–Trinajstić information content (AvgIpc) is 3.67. The summed E-state index contributed by atoms with van der Waals surface area (Å²) in [5, 5.41) is 9.08. The highest BCUT2D eigenvalue weighted by atomic mass is 32.1. The minimum Gasteiger partial charge on any atom is -0.307 e. The molecule has 1 saturated carbocycles. The molecular weight excluding hydrogens is 464 g/mol. The van der Waals surface area contributed by atoms with E-state index in [1.54, 1.807) is 23.5 Å². The summed E-state index contributed by atoms with van der Waals surface area (Å²) in [6.45, 7) is 0.553. The number of carbonyl (C=O) groups is 2. The number of fused-ring (bicyclic) bond motifs is 3. The number of hydrogen-bond donors (Lipinski definition) is 0. The Kier molecular flexibility index (Phi) is 5.75. The molecule has 4 nitrogen and oxygen atoms in total. The number of nitriles is 1. The SMILES string of the molecule is N#Cc1ccc(-c2cccc(C(=O)N3CCc4cc(C(=O)CC5CC5)sc4-c4ccccc43)c2)cc1. The summed E-state index contributed by atoms with van der Waals surface area (Å²) in [5.41, 5.74) is 6.17. The first kappa shape index (κ1) is 22.5. The average molecular weight is 489 g/mol. The maximum absolute atomic E-state index is 13.8. The van der Waals surface area contributed by atoms with Crippen molar-refractivity contribution in [1.82, 2.24) is 0 Å². The van der Waals surface area contributed by atoms with E-state index in [1.165, 1.54) is 12.8 Å². The summed E-state index contributed by atoms with van der Waals surface area (Å²) in [4.78, 5) is 30.4. The molecule has 0 spiro atoms. The van der Waals surface area contributed by atoms with Crippen molar-refractivity contribution < 1.29 is 9.59 Å². The Balaban J connectivity index is 1.32. The predicted octanol–water partition coefficient (Wildman–Crippen LogP) is 7.14. The van der Waals surface area contributed by atoms with Crippen molar-refractivity contribution in [2.45, 2.75) is 25.7 Å². The van der Waals surface area contributed by atoms with Crippen LogP contribution in [0.1, 0.15) is 50.4 Å². The monoisotopic (exact) mass is 488 g/mol. The maximum atomic E-state index is 13.8. The predicted molar refractivity (Wildman–Crippen MR) is 143 cm³/mol. The third kappa shape index (κ3) is 4.25. The van der Waals surface area contributed by atoms with Gasteiger partial charge in [0.2, 0.25) is 0 Å². The number of rotatable bonds is 5. The van der Waals surface area contributed by atoms with Crippen LogP contribution in [0.2, 0.25) is 0 Å². The molecular formula is C31H24N2O2S. The van der Waals surface area contributed by atoms with Crippen molar-refractivity contribution in [1.29, 1.82) is 5.26 Å². The van der Waals surface area contributed by atoms with Crippen LogP contribution < -0.4 is 4.90 Å². The zero-order chi connectivity index (χ0) is 24.6. The Morgan fingerprint density at radius 3 is 2.53 bits per heavy atom. The zero-order valence-corrected chi connectivity index (χ0v) is 20.6. The lowest BCUT2D eigenvalue weighted by molar-refractivity contribution is 0.0974. The van der Waals surface area contributed by atoms with Gasteiger partial charge in [-0.25, -0.2) is 0 Å². The molecule has 3 aromatic carbocycles. The second-order valence-electron chi connectivity index (χ2n) is 9.53. The summed E-state index contributed by atoms with van der Waals surface area (Å²) in [5.74, 6) is 0.776. The summed E-state index contributed by atoms with van der Waals surface area (Å²) in [6, 6.07) is 27.2. The van der Waals surface area contributed by atoms with E-state index in [0.717, 1.165) is 37.7 Å². The number of hydrogen-bond acceptors (Lipinski definition) is 4. The number of Topliss-reactive ketones (excluding diaryl/α,β-unsaturated/α-hetero) is 1. The van der Waals surface area contributed by atoms with Gasteiger partial charge in [-0.1, -0.05) is 42.5 Å². The Morgan fingerprint density at radius 1 is 0.944 bits per heavy atom. The van der Waals surface area contributed by atoms with Crippen molar-refractivity contribution >= 4 is 28.7 Å². The van der Waals surface area contributed by atoms with Gasteiger partial charge in [-0.05, 0) is 78.3 Å². The molecule has 0 unspecified atom stereocenters. The molecule has 2 aliphatic rings. The van der Waals surface area contributed by atoms with Gasteiger partial charge in [0.1, 0.15) is 0 Å². The third-order valence-electron chi connectivity index (χ3n) is 7.00. The van der Waals surface area contributed by atoms with Crippen LogP contribution in [0, 0.1) is 17.2 Å². The fourth-order valence-corrected chi connectivity index (χ4v) is 6.05. The Labute approximate surface area is 214 Å². The molecule has 1 fully saturated rings. The summed E-state index contributed by atoms with van der Waals surface area (Å²) in [7, 11) is 0. The highest BCUT2D eigenvalue weighted by Gasteiger charge is 2.29. The van der Waals surface area contributed by atoms with Gasteiger partial charge in [0, 0.05) is 29.0 Å². The lowest BCUT2D eigenvalue weighted by Gasteiger charge is -2.23. The lowest BCUT2D eigenvalue weighted by atomic mass is 10.0. The minimum atomic E-state index is -0.0434. The van der Waals surface area contributed by atoms with Crippen LogP contribution in [0.15, 0.2) is 78.9 Å². The van der Waals surface area contributed by atoms with Crippen molar-refractivity contribution in [2.24, 2.45) is 5.92 Å². The molecule has 6 rings (SSSR count). The van der Waals surface area contributed by atoms with Crippen LogP contribution in [0.4, 0.5) is 5.69 Å². The van der Waals surface area contributed by atoms with Crippen LogP contribution in [0.5, 0.6) is 0 Å². The molecule has 4 aromatic rings. The molecule has 1 aromatic heterocycles. The van der Waals surface area contributed by atoms with E-state index in [2.05, 4.69) is 18.2 Å². The second-order valence-corrected chi connectivity index (χ2v) is 10.6. The van der Waals surface area contributed by atoms with E-state index >= 15 is 0 Å². The topological polar surface area (TPSA) is 61.2 Å². The van der Waals surface area contributed by atoms with Crippen molar-refractivity contribution in [2.75, 3.05) is 11.4 Å². The summed E-state index contributed by atoms with van der Waals surface area (Å²) >= 11 is 1.57. The van der Waals surface area contributed by atoms with Crippen LogP contribution in [0.3, 0.4) is 0 Å². The van der Waals surface area contributed by atoms with E-state index < -0.39 is 0 Å². The number of thiophene rings is 1. The molecule has 0 N–H and O–H groups in total. The van der Waals surface area contributed by atoms with Crippen LogP contribution in [0.25, 0.3) is 21.6 Å². The van der Waals surface area contributed by atoms with E-state index in [-0.39, 0.29) is 11.7 Å². The van der Waals surface area contributed by atoms with E-state index in [4.69, 9.17) is 5.26 Å². The molecule has 176 valence electrons. The first-order valence-electron chi connectivity index (χ1n) is 12.3. The first-order chi connectivity index (χ1) is 17.6. The Bertz CT molecular complexity index is 1520. The van der Waals surface area contributed by atoms with Gasteiger partial charge < -0.3 is 4.90 Å². The Hall–Kier alpha value is -4.01. The van der Waals surface area contributed by atoms with Crippen LogP contribution in [-0.2, 0) is 6.42 Å². The molecule has 5 heteroatoms. The molecule has 1 aliphatic heterocycles. The third-order valence-corrected chi connectivity index (χ3v) is 8.25. The molecule has 1 aliphatic carbocycles. The summed E-state index contributed by atoms with van der Waals surface area (Å²) in [6.07, 6.45) is 3.70. The van der Waals surface area contributed by atoms with Crippen LogP contribution in [-0.4, -0.2) is 18.2 Å². The van der Waals surface area contributed by atoms with Gasteiger partial charge in [-0.15, -0.1) is 11.3 Å².